The molecule has 1 unspecified atom stereocenters. The number of nitrogens with zero attached hydrogens (tertiary/aromatic N) is 2. The summed E-state index contributed by atoms with van der Waals surface area (Å²) in [6, 6.07) is 7.89. The molecule has 1 aliphatic heterocycles. The zero-order valence-corrected chi connectivity index (χ0v) is 11.3. The smallest absolute Gasteiger partial charge is 0.258 e. The monoisotopic (exact) mass is 272 g/mol. The quantitative estimate of drug-likeness (QED) is 0.487. The van der Waals surface area contributed by atoms with E-state index in [-0.39, 0.29) is 0 Å². The molecule has 1 atom stereocenters. The summed E-state index contributed by atoms with van der Waals surface area (Å²) in [6.45, 7) is 4.25. The minimum atomic E-state index is -0.907. The highest BCUT2D eigenvalue weighted by Gasteiger charge is 2.28. The molecule has 2 N–H and O–H groups in total. The Balaban J connectivity index is 1.91. The zero-order valence-electron chi connectivity index (χ0n) is 11.3. The lowest BCUT2D eigenvalue weighted by Gasteiger charge is -2.04. The maximum absolute atomic E-state index is 11.6. The number of carbonyl (C=O) groups is 2. The first-order valence-electron chi connectivity index (χ1n) is 6.34. The van der Waals surface area contributed by atoms with Crippen molar-refractivity contribution in [3.05, 3.63) is 35.4 Å². The third-order valence-electron chi connectivity index (χ3n) is 2.95. The Labute approximate surface area is 116 Å². The molecular weight excluding hydrogens is 256 g/mol. The molecule has 20 heavy (non-hydrogen) atoms. The zero-order chi connectivity index (χ0) is 14.5. The second-order valence-electron chi connectivity index (χ2n) is 4.79. The Morgan fingerprint density at radius 2 is 2.10 bits per heavy atom. The minimum Gasteiger partial charge on any atom is -0.272 e. The SMILES string of the molecule is CC(C)c1ccc(C=NNC(=O)C2C=NNC2=O)cc1. The van der Waals surface area contributed by atoms with E-state index in [1.807, 2.05) is 24.3 Å². The van der Waals surface area contributed by atoms with Crippen molar-refractivity contribution in [3.8, 4) is 0 Å². The summed E-state index contributed by atoms with van der Waals surface area (Å²) in [5.74, 6) is -1.38. The van der Waals surface area contributed by atoms with Crippen molar-refractivity contribution in [1.82, 2.24) is 10.9 Å². The van der Waals surface area contributed by atoms with Gasteiger partial charge < -0.3 is 0 Å². The number of amides is 2. The Morgan fingerprint density at radius 3 is 2.65 bits per heavy atom. The minimum absolute atomic E-state index is 0.445. The van der Waals surface area contributed by atoms with E-state index in [9.17, 15) is 9.59 Å². The molecule has 6 nitrogen and oxygen atoms in total. The Hall–Kier alpha value is -2.50. The van der Waals surface area contributed by atoms with E-state index in [0.29, 0.717) is 5.92 Å². The van der Waals surface area contributed by atoms with Gasteiger partial charge in [0.15, 0.2) is 5.92 Å². The van der Waals surface area contributed by atoms with Crippen LogP contribution in [-0.2, 0) is 9.59 Å². The lowest BCUT2D eigenvalue weighted by Crippen LogP contribution is -2.34. The lowest BCUT2D eigenvalue weighted by atomic mass is 10.0. The predicted octanol–water partition coefficient (Wildman–Crippen LogP) is 0.992. The predicted molar refractivity (Wildman–Crippen MR) is 76.4 cm³/mol. The van der Waals surface area contributed by atoms with Gasteiger partial charge >= 0.3 is 0 Å². The molecule has 0 spiro atoms. The van der Waals surface area contributed by atoms with E-state index in [1.54, 1.807) is 0 Å². The summed E-state index contributed by atoms with van der Waals surface area (Å²) in [6.07, 6.45) is 2.79. The van der Waals surface area contributed by atoms with Crippen LogP contribution < -0.4 is 10.9 Å². The molecule has 1 heterocycles. The topological polar surface area (TPSA) is 82.9 Å². The normalized spacial score (nSPS) is 17.8. The van der Waals surface area contributed by atoms with Crippen LogP contribution in [0.15, 0.2) is 34.5 Å². The Bertz CT molecular complexity index is 561. The van der Waals surface area contributed by atoms with Gasteiger partial charge in [0.05, 0.1) is 6.21 Å². The average molecular weight is 272 g/mol. The van der Waals surface area contributed by atoms with E-state index >= 15 is 0 Å². The molecule has 0 bridgehead atoms. The average Bonchev–Trinajstić information content (AvgIpc) is 2.85. The van der Waals surface area contributed by atoms with E-state index < -0.39 is 17.7 Å². The summed E-state index contributed by atoms with van der Waals surface area (Å²) >= 11 is 0. The van der Waals surface area contributed by atoms with Crippen molar-refractivity contribution in [3.63, 3.8) is 0 Å². The van der Waals surface area contributed by atoms with Crippen LogP contribution >= 0.6 is 0 Å². The summed E-state index contributed by atoms with van der Waals surface area (Å²) in [7, 11) is 0. The van der Waals surface area contributed by atoms with E-state index in [0.717, 1.165) is 5.56 Å². The van der Waals surface area contributed by atoms with Crippen molar-refractivity contribution in [2.45, 2.75) is 19.8 Å². The van der Waals surface area contributed by atoms with E-state index in [2.05, 4.69) is 34.9 Å². The van der Waals surface area contributed by atoms with Crippen LogP contribution in [-0.4, -0.2) is 24.2 Å². The number of hydrazone groups is 2. The molecule has 0 fully saturated rings. The summed E-state index contributed by atoms with van der Waals surface area (Å²) in [4.78, 5) is 22.8. The molecule has 0 saturated heterocycles. The van der Waals surface area contributed by atoms with Crippen LogP contribution in [0.25, 0.3) is 0 Å². The van der Waals surface area contributed by atoms with Gasteiger partial charge in [-0.3, -0.25) is 9.59 Å². The highest BCUT2D eigenvalue weighted by Crippen LogP contribution is 2.13. The molecule has 1 aliphatic rings. The van der Waals surface area contributed by atoms with Gasteiger partial charge in [-0.25, -0.2) is 10.9 Å². The highest BCUT2D eigenvalue weighted by atomic mass is 16.2. The van der Waals surface area contributed by atoms with Gasteiger partial charge in [0.2, 0.25) is 0 Å². The van der Waals surface area contributed by atoms with Crippen molar-refractivity contribution >= 4 is 24.2 Å². The standard InChI is InChI=1S/C14H16N4O2/c1-9(2)11-5-3-10(4-6-11)7-15-17-13(19)12-8-16-18-14(12)20/h3-9,12H,1-2H3,(H,17,19)(H,18,20). The molecule has 1 aromatic carbocycles. The molecule has 0 aromatic heterocycles. The largest absolute Gasteiger partial charge is 0.272 e. The van der Waals surface area contributed by atoms with Crippen LogP contribution in [0, 0.1) is 5.92 Å². The molecule has 104 valence electrons. The van der Waals surface area contributed by atoms with Crippen LogP contribution in [0.4, 0.5) is 0 Å². The molecular formula is C14H16N4O2. The lowest BCUT2D eigenvalue weighted by molar-refractivity contribution is -0.131. The molecule has 0 saturated carbocycles. The van der Waals surface area contributed by atoms with Crippen LogP contribution in [0.5, 0.6) is 0 Å². The van der Waals surface area contributed by atoms with Crippen molar-refractivity contribution in [1.29, 1.82) is 0 Å². The Morgan fingerprint density at radius 1 is 1.40 bits per heavy atom. The van der Waals surface area contributed by atoms with E-state index in [4.69, 9.17) is 0 Å². The number of carbonyl (C=O) groups excluding carboxylic acids is 2. The highest BCUT2D eigenvalue weighted by molar-refractivity contribution is 6.15. The summed E-state index contributed by atoms with van der Waals surface area (Å²) < 4.78 is 0. The third-order valence-corrected chi connectivity index (χ3v) is 2.95. The summed E-state index contributed by atoms with van der Waals surface area (Å²) in [5.41, 5.74) is 6.63. The van der Waals surface area contributed by atoms with Crippen molar-refractivity contribution < 1.29 is 9.59 Å². The maximum Gasteiger partial charge on any atom is 0.258 e. The number of nitrogens with one attached hydrogen (secondary N) is 2. The molecule has 0 radical (unpaired) electrons. The molecule has 2 amide bonds. The summed E-state index contributed by atoms with van der Waals surface area (Å²) in [5, 5.41) is 7.35. The fourth-order valence-electron chi connectivity index (χ4n) is 1.71. The van der Waals surface area contributed by atoms with Gasteiger partial charge in [-0.15, -0.1) is 0 Å². The second kappa shape index (κ2) is 6.10. The first-order chi connectivity index (χ1) is 9.58. The number of hydrogen-bond donors (Lipinski definition) is 2. The van der Waals surface area contributed by atoms with Gasteiger partial charge in [-0.1, -0.05) is 38.1 Å². The van der Waals surface area contributed by atoms with Gasteiger partial charge in [0.25, 0.3) is 11.8 Å². The van der Waals surface area contributed by atoms with Crippen LogP contribution in [0.3, 0.4) is 0 Å². The van der Waals surface area contributed by atoms with Crippen LogP contribution in [0.2, 0.25) is 0 Å². The van der Waals surface area contributed by atoms with Gasteiger partial charge in [0.1, 0.15) is 0 Å². The number of hydrogen-bond acceptors (Lipinski definition) is 4. The molecule has 6 heteroatoms. The number of benzene rings is 1. The van der Waals surface area contributed by atoms with Crippen LogP contribution in [0.1, 0.15) is 30.9 Å². The fourth-order valence-corrected chi connectivity index (χ4v) is 1.71. The second-order valence-corrected chi connectivity index (χ2v) is 4.79. The molecule has 2 rings (SSSR count). The first kappa shape index (κ1) is 13.9. The molecule has 1 aromatic rings. The third kappa shape index (κ3) is 3.28. The maximum atomic E-state index is 11.6. The van der Waals surface area contributed by atoms with Crippen molar-refractivity contribution in [2.24, 2.45) is 16.1 Å². The number of rotatable bonds is 4. The van der Waals surface area contributed by atoms with Gasteiger partial charge in [-0.2, -0.15) is 10.2 Å². The van der Waals surface area contributed by atoms with Gasteiger partial charge in [-0.05, 0) is 17.0 Å². The van der Waals surface area contributed by atoms with Gasteiger partial charge in [0, 0.05) is 6.21 Å². The van der Waals surface area contributed by atoms with Crippen molar-refractivity contribution in [2.75, 3.05) is 0 Å². The Kier molecular flexibility index (Phi) is 4.24. The fraction of sp³-hybridized carbons (Fsp3) is 0.286. The van der Waals surface area contributed by atoms with E-state index in [1.165, 1.54) is 18.0 Å². The molecule has 0 aliphatic carbocycles. The first-order valence-corrected chi connectivity index (χ1v) is 6.34.